The second kappa shape index (κ2) is 7.81. The van der Waals surface area contributed by atoms with E-state index in [1.54, 1.807) is 25.5 Å². The van der Waals surface area contributed by atoms with Crippen molar-refractivity contribution < 1.29 is 9.53 Å². The fourth-order valence-electron chi connectivity index (χ4n) is 0.591. The second-order valence-electron chi connectivity index (χ2n) is 2.15. The molecular formula is C8H14N2O2. The molecule has 0 fully saturated rings. The third kappa shape index (κ3) is 6.82. The lowest BCUT2D eigenvalue weighted by molar-refractivity contribution is -0.108. The maximum Gasteiger partial charge on any atom is 0.211 e. The number of hydrogen-bond acceptors (Lipinski definition) is 3. The van der Waals surface area contributed by atoms with Crippen molar-refractivity contribution in [1.29, 1.82) is 0 Å². The number of hydrogen-bond donors (Lipinski definition) is 2. The van der Waals surface area contributed by atoms with Crippen molar-refractivity contribution in [1.82, 2.24) is 5.32 Å². The Kier molecular flexibility index (Phi) is 6.97. The first-order chi connectivity index (χ1) is 5.81. The smallest absolute Gasteiger partial charge is 0.211 e. The first-order valence-corrected chi connectivity index (χ1v) is 3.61. The van der Waals surface area contributed by atoms with Gasteiger partial charge in [0.05, 0.1) is 13.4 Å². The number of ether oxygens (including phenoxy) is 1. The van der Waals surface area contributed by atoms with Gasteiger partial charge in [-0.1, -0.05) is 6.08 Å². The van der Waals surface area contributed by atoms with E-state index < -0.39 is 0 Å². The van der Waals surface area contributed by atoms with Crippen molar-refractivity contribution >= 4 is 6.41 Å². The van der Waals surface area contributed by atoms with E-state index in [1.165, 1.54) is 6.26 Å². The molecule has 0 saturated heterocycles. The molecule has 0 aromatic rings. The van der Waals surface area contributed by atoms with Crippen molar-refractivity contribution in [2.75, 3.05) is 7.11 Å². The molecule has 0 spiro atoms. The number of nitrogens with one attached hydrogen (secondary N) is 1. The summed E-state index contributed by atoms with van der Waals surface area (Å²) in [6.07, 6.45) is 7.87. The maximum atomic E-state index is 9.79. The quantitative estimate of drug-likeness (QED) is 0.439. The number of amides is 1. The number of rotatable bonds is 6. The number of nitrogens with two attached hydrogens (primary N) is 1. The van der Waals surface area contributed by atoms with Crippen molar-refractivity contribution in [3.63, 3.8) is 0 Å². The van der Waals surface area contributed by atoms with Crippen LogP contribution in [-0.4, -0.2) is 19.6 Å². The summed E-state index contributed by atoms with van der Waals surface area (Å²) in [5.74, 6) is 0. The molecule has 1 atom stereocenters. The third-order valence-electron chi connectivity index (χ3n) is 1.15. The largest absolute Gasteiger partial charge is 0.505 e. The topological polar surface area (TPSA) is 64.3 Å². The Morgan fingerprint density at radius 2 is 2.42 bits per heavy atom. The molecule has 0 rings (SSSR count). The van der Waals surface area contributed by atoms with Gasteiger partial charge in [0.25, 0.3) is 0 Å². The minimum atomic E-state index is -0.0744. The molecule has 0 heterocycles. The Balaban J connectivity index is 3.48. The van der Waals surface area contributed by atoms with Crippen molar-refractivity contribution in [3.05, 3.63) is 24.6 Å². The van der Waals surface area contributed by atoms with Gasteiger partial charge < -0.3 is 15.8 Å². The van der Waals surface area contributed by atoms with Crippen LogP contribution in [0.5, 0.6) is 0 Å². The van der Waals surface area contributed by atoms with Crippen LogP contribution in [0, 0.1) is 0 Å². The minimum absolute atomic E-state index is 0.0744. The van der Waals surface area contributed by atoms with Crippen LogP contribution in [0.1, 0.15) is 6.42 Å². The zero-order chi connectivity index (χ0) is 9.23. The summed E-state index contributed by atoms with van der Waals surface area (Å²) in [5, 5.41) is 2.39. The summed E-state index contributed by atoms with van der Waals surface area (Å²) in [7, 11) is 1.56. The average molecular weight is 170 g/mol. The van der Waals surface area contributed by atoms with Crippen LogP contribution in [0.2, 0.25) is 0 Å². The van der Waals surface area contributed by atoms with Gasteiger partial charge in [-0.05, 0) is 18.7 Å². The van der Waals surface area contributed by atoms with Crippen molar-refractivity contribution in [2.24, 2.45) is 5.73 Å². The molecule has 4 nitrogen and oxygen atoms in total. The second-order valence-corrected chi connectivity index (χ2v) is 2.15. The van der Waals surface area contributed by atoms with Crippen LogP contribution in [0.4, 0.5) is 0 Å². The van der Waals surface area contributed by atoms with Gasteiger partial charge in [-0.25, -0.2) is 0 Å². The molecule has 0 aromatic carbocycles. The van der Waals surface area contributed by atoms with Crippen LogP contribution in [0.15, 0.2) is 24.6 Å². The fraction of sp³-hybridized carbons (Fsp3) is 0.375. The highest BCUT2D eigenvalue weighted by atomic mass is 16.5. The number of carbonyl (C=O) groups is 1. The van der Waals surface area contributed by atoms with Crippen LogP contribution < -0.4 is 11.1 Å². The van der Waals surface area contributed by atoms with Gasteiger partial charge in [0.15, 0.2) is 0 Å². The first-order valence-electron chi connectivity index (χ1n) is 3.61. The summed E-state index contributed by atoms with van der Waals surface area (Å²) in [4.78, 5) is 9.79. The normalized spacial score (nSPS) is 13.5. The molecule has 12 heavy (non-hydrogen) atoms. The third-order valence-corrected chi connectivity index (χ3v) is 1.15. The molecular weight excluding hydrogens is 156 g/mol. The molecule has 0 aliphatic carbocycles. The maximum absolute atomic E-state index is 9.79. The highest BCUT2D eigenvalue weighted by Crippen LogP contribution is 1.91. The lowest BCUT2D eigenvalue weighted by atomic mass is 10.2. The van der Waals surface area contributed by atoms with Crippen LogP contribution in [0.3, 0.4) is 0 Å². The molecule has 1 unspecified atom stereocenters. The van der Waals surface area contributed by atoms with E-state index in [1.807, 2.05) is 0 Å². The summed E-state index contributed by atoms with van der Waals surface area (Å²) in [5.41, 5.74) is 5.61. The Labute approximate surface area is 72.1 Å². The Morgan fingerprint density at radius 1 is 1.67 bits per heavy atom. The van der Waals surface area contributed by atoms with Crippen molar-refractivity contribution in [3.8, 4) is 0 Å². The van der Waals surface area contributed by atoms with E-state index in [0.29, 0.717) is 12.8 Å². The van der Waals surface area contributed by atoms with Crippen LogP contribution in [0.25, 0.3) is 0 Å². The van der Waals surface area contributed by atoms with E-state index in [0.717, 1.165) is 0 Å². The molecule has 0 aliphatic heterocycles. The fourth-order valence-corrected chi connectivity index (χ4v) is 0.591. The summed E-state index contributed by atoms with van der Waals surface area (Å²) in [6.45, 7) is 0. The van der Waals surface area contributed by atoms with E-state index in [-0.39, 0.29) is 6.04 Å². The Bertz CT molecular complexity index is 166. The van der Waals surface area contributed by atoms with Gasteiger partial charge in [0.1, 0.15) is 0 Å². The van der Waals surface area contributed by atoms with Gasteiger partial charge in [-0.15, -0.1) is 0 Å². The van der Waals surface area contributed by atoms with Gasteiger partial charge in [0, 0.05) is 6.04 Å². The molecule has 0 saturated carbocycles. The Hall–Kier alpha value is -1.29. The summed E-state index contributed by atoms with van der Waals surface area (Å²) < 4.78 is 4.68. The molecule has 68 valence electrons. The zero-order valence-corrected chi connectivity index (χ0v) is 7.07. The number of methoxy groups -OCH3 is 1. The average Bonchev–Trinajstić information content (AvgIpc) is 2.09. The van der Waals surface area contributed by atoms with Gasteiger partial charge in [-0.3, -0.25) is 4.79 Å². The predicted molar refractivity (Wildman–Crippen MR) is 47.1 cm³/mol. The molecule has 4 heteroatoms. The van der Waals surface area contributed by atoms with E-state index in [4.69, 9.17) is 5.73 Å². The minimum Gasteiger partial charge on any atom is -0.505 e. The zero-order valence-electron chi connectivity index (χ0n) is 7.07. The van der Waals surface area contributed by atoms with E-state index in [2.05, 4.69) is 10.1 Å². The number of carbonyl (C=O) groups excluding carboxylic acids is 1. The molecule has 0 aliphatic rings. The molecule has 3 N–H and O–H groups in total. The molecule has 0 radical (unpaired) electrons. The summed E-state index contributed by atoms with van der Waals surface area (Å²) in [6, 6.07) is -0.0744. The lowest BCUT2D eigenvalue weighted by Gasteiger charge is -2.00. The predicted octanol–water partition coefficient (Wildman–Crippen LogP) is 0.124. The van der Waals surface area contributed by atoms with Gasteiger partial charge >= 0.3 is 0 Å². The molecule has 0 aromatic heterocycles. The monoisotopic (exact) mass is 170 g/mol. The van der Waals surface area contributed by atoms with Gasteiger partial charge in [-0.2, -0.15) is 0 Å². The van der Waals surface area contributed by atoms with Gasteiger partial charge in [0.2, 0.25) is 6.41 Å². The SMILES string of the molecule is CO/C=C/C(N)C/C=C/NC=O. The van der Waals surface area contributed by atoms with Crippen molar-refractivity contribution in [2.45, 2.75) is 12.5 Å². The van der Waals surface area contributed by atoms with E-state index >= 15 is 0 Å². The Morgan fingerprint density at radius 3 is 3.00 bits per heavy atom. The highest BCUT2D eigenvalue weighted by molar-refractivity contribution is 5.47. The lowest BCUT2D eigenvalue weighted by Crippen LogP contribution is -2.15. The molecule has 1 amide bonds. The standard InChI is InChI=1S/C8H14N2O2/c1-12-6-4-8(9)3-2-5-10-7-11/h2,4-8H,3,9H2,1H3,(H,10,11)/b5-2+,6-4+. The first kappa shape index (κ1) is 10.7. The molecule has 0 bridgehead atoms. The summed E-state index contributed by atoms with van der Waals surface area (Å²) >= 11 is 0. The highest BCUT2D eigenvalue weighted by Gasteiger charge is 1.91. The van der Waals surface area contributed by atoms with Crippen LogP contribution >= 0.6 is 0 Å². The van der Waals surface area contributed by atoms with E-state index in [9.17, 15) is 4.79 Å². The van der Waals surface area contributed by atoms with Crippen LogP contribution in [-0.2, 0) is 9.53 Å².